The Bertz CT molecular complexity index is 557. The average molecular weight is 372 g/mol. The Kier molecular flexibility index (Phi) is 4.20. The average Bonchev–Trinajstić information content (AvgIpc) is 2.78. The van der Waals surface area contributed by atoms with Crippen LogP contribution in [0.5, 0.6) is 0 Å². The highest BCUT2D eigenvalue weighted by Gasteiger charge is 2.24. The topological polar surface area (TPSA) is 92.4 Å². The molecule has 100 valence electrons. The van der Waals surface area contributed by atoms with Crippen LogP contribution in [0.2, 0.25) is 0 Å². The summed E-state index contributed by atoms with van der Waals surface area (Å²) in [7, 11) is 0. The summed E-state index contributed by atoms with van der Waals surface area (Å²) < 4.78 is 0.802. The Balaban J connectivity index is 2.17. The van der Waals surface area contributed by atoms with Crippen LogP contribution in [0, 0.1) is 9.49 Å². The van der Waals surface area contributed by atoms with Crippen molar-refractivity contribution in [2.75, 3.05) is 5.32 Å². The second-order valence-electron chi connectivity index (χ2n) is 4.38. The van der Waals surface area contributed by atoms with E-state index in [0.29, 0.717) is 12.1 Å². The summed E-state index contributed by atoms with van der Waals surface area (Å²) in [6, 6.07) is 4.77. The van der Waals surface area contributed by atoms with Gasteiger partial charge in [0.1, 0.15) is 0 Å². The van der Waals surface area contributed by atoms with E-state index in [9.17, 15) is 9.59 Å². The number of hydrogen-bond acceptors (Lipinski definition) is 3. The molecule has 1 aliphatic rings. The number of benzene rings is 1. The number of nitrogens with one attached hydrogen (secondary N) is 1. The zero-order valence-corrected chi connectivity index (χ0v) is 12.1. The molecular weight excluding hydrogens is 359 g/mol. The van der Waals surface area contributed by atoms with Crippen LogP contribution < -0.4 is 11.1 Å². The van der Waals surface area contributed by atoms with E-state index in [1.807, 2.05) is 22.6 Å². The van der Waals surface area contributed by atoms with Crippen LogP contribution in [0.4, 0.5) is 5.69 Å². The zero-order chi connectivity index (χ0) is 14.0. The molecule has 4 N–H and O–H groups in total. The quantitative estimate of drug-likeness (QED) is 0.558. The molecule has 19 heavy (non-hydrogen) atoms. The van der Waals surface area contributed by atoms with Crippen LogP contribution in [0.3, 0.4) is 0 Å². The SMILES string of the molecule is NC1C=CC(C(=O)Nc2ccc(I)cc2C(=O)O)C1. The number of nitrogens with two attached hydrogens (primary N) is 1. The van der Waals surface area contributed by atoms with Crippen molar-refractivity contribution in [3.8, 4) is 0 Å². The van der Waals surface area contributed by atoms with E-state index >= 15 is 0 Å². The van der Waals surface area contributed by atoms with Gasteiger partial charge in [-0.2, -0.15) is 0 Å². The fourth-order valence-corrected chi connectivity index (χ4v) is 2.44. The van der Waals surface area contributed by atoms with Crippen LogP contribution in [-0.4, -0.2) is 23.0 Å². The van der Waals surface area contributed by atoms with Crippen molar-refractivity contribution in [2.24, 2.45) is 11.7 Å². The van der Waals surface area contributed by atoms with E-state index in [0.717, 1.165) is 3.57 Å². The first-order chi connectivity index (χ1) is 8.97. The summed E-state index contributed by atoms with van der Waals surface area (Å²) in [5.41, 5.74) is 6.09. The number of hydrogen-bond donors (Lipinski definition) is 3. The summed E-state index contributed by atoms with van der Waals surface area (Å²) >= 11 is 2.03. The van der Waals surface area contributed by atoms with Gasteiger partial charge in [-0.15, -0.1) is 0 Å². The van der Waals surface area contributed by atoms with Gasteiger partial charge in [-0.25, -0.2) is 4.79 Å². The lowest BCUT2D eigenvalue weighted by Crippen LogP contribution is -2.24. The lowest BCUT2D eigenvalue weighted by atomic mass is 10.1. The van der Waals surface area contributed by atoms with Crippen molar-refractivity contribution in [1.29, 1.82) is 0 Å². The van der Waals surface area contributed by atoms with Crippen molar-refractivity contribution in [3.05, 3.63) is 39.5 Å². The summed E-state index contributed by atoms with van der Waals surface area (Å²) in [6.45, 7) is 0. The first-order valence-electron chi connectivity index (χ1n) is 5.75. The number of carboxylic acid groups (broad SMARTS) is 1. The third-order valence-corrected chi connectivity index (χ3v) is 3.59. The Morgan fingerprint density at radius 3 is 2.68 bits per heavy atom. The lowest BCUT2D eigenvalue weighted by molar-refractivity contribution is -0.118. The number of carbonyl (C=O) groups excluding carboxylic acids is 1. The number of carboxylic acids is 1. The Morgan fingerprint density at radius 2 is 2.11 bits per heavy atom. The van der Waals surface area contributed by atoms with Gasteiger partial charge < -0.3 is 16.2 Å². The third-order valence-electron chi connectivity index (χ3n) is 2.92. The van der Waals surface area contributed by atoms with Crippen molar-refractivity contribution in [3.63, 3.8) is 0 Å². The summed E-state index contributed by atoms with van der Waals surface area (Å²) in [5, 5.41) is 11.8. The molecule has 0 fully saturated rings. The Labute approximate surface area is 124 Å². The molecule has 2 atom stereocenters. The molecule has 2 rings (SSSR count). The van der Waals surface area contributed by atoms with Gasteiger partial charge in [0.15, 0.2) is 0 Å². The van der Waals surface area contributed by atoms with Crippen molar-refractivity contribution in [2.45, 2.75) is 12.5 Å². The molecule has 1 aromatic carbocycles. The predicted octanol–water partition coefficient (Wildman–Crippen LogP) is 1.83. The number of anilines is 1. The van der Waals surface area contributed by atoms with Crippen LogP contribution in [0.25, 0.3) is 0 Å². The summed E-state index contributed by atoms with van der Waals surface area (Å²) in [4.78, 5) is 23.1. The van der Waals surface area contributed by atoms with Crippen molar-refractivity contribution in [1.82, 2.24) is 0 Å². The van der Waals surface area contributed by atoms with Gasteiger partial charge in [0.05, 0.1) is 17.2 Å². The fourth-order valence-electron chi connectivity index (χ4n) is 1.95. The van der Waals surface area contributed by atoms with Crippen LogP contribution in [-0.2, 0) is 4.79 Å². The Morgan fingerprint density at radius 1 is 1.37 bits per heavy atom. The molecule has 0 aliphatic heterocycles. The highest BCUT2D eigenvalue weighted by atomic mass is 127. The van der Waals surface area contributed by atoms with E-state index < -0.39 is 5.97 Å². The molecular formula is C13H13IN2O3. The highest BCUT2D eigenvalue weighted by molar-refractivity contribution is 14.1. The van der Waals surface area contributed by atoms with Gasteiger partial charge in [0, 0.05) is 9.61 Å². The van der Waals surface area contributed by atoms with Gasteiger partial charge in [0.25, 0.3) is 0 Å². The van der Waals surface area contributed by atoms with Crippen molar-refractivity contribution >= 4 is 40.2 Å². The van der Waals surface area contributed by atoms with Gasteiger partial charge in [-0.1, -0.05) is 12.2 Å². The predicted molar refractivity (Wildman–Crippen MR) is 80.0 cm³/mol. The molecule has 2 unspecified atom stereocenters. The maximum atomic E-state index is 12.0. The highest BCUT2D eigenvalue weighted by Crippen LogP contribution is 2.22. The zero-order valence-electron chi connectivity index (χ0n) is 9.97. The number of amides is 1. The minimum Gasteiger partial charge on any atom is -0.478 e. The molecule has 0 aromatic heterocycles. The second-order valence-corrected chi connectivity index (χ2v) is 5.62. The maximum absolute atomic E-state index is 12.0. The van der Waals surface area contributed by atoms with Gasteiger partial charge in [0.2, 0.25) is 5.91 Å². The van der Waals surface area contributed by atoms with Gasteiger partial charge >= 0.3 is 5.97 Å². The number of rotatable bonds is 3. The molecule has 0 radical (unpaired) electrons. The van der Waals surface area contributed by atoms with E-state index in [2.05, 4.69) is 5.32 Å². The minimum absolute atomic E-state index is 0.0894. The van der Waals surface area contributed by atoms with Crippen LogP contribution in [0.15, 0.2) is 30.4 Å². The maximum Gasteiger partial charge on any atom is 0.337 e. The minimum atomic E-state index is -1.06. The molecule has 1 amide bonds. The summed E-state index contributed by atoms with van der Waals surface area (Å²) in [6.07, 6.45) is 4.10. The van der Waals surface area contributed by atoms with Gasteiger partial charge in [-0.05, 0) is 47.2 Å². The molecule has 6 heteroatoms. The van der Waals surface area contributed by atoms with Crippen LogP contribution in [0.1, 0.15) is 16.8 Å². The van der Waals surface area contributed by atoms with E-state index in [1.54, 1.807) is 24.3 Å². The molecule has 0 saturated heterocycles. The Hall–Kier alpha value is -1.41. The van der Waals surface area contributed by atoms with E-state index in [4.69, 9.17) is 10.8 Å². The third kappa shape index (κ3) is 3.32. The fraction of sp³-hybridized carbons (Fsp3) is 0.231. The summed E-state index contributed by atoms with van der Waals surface area (Å²) in [5.74, 6) is -1.59. The molecule has 1 aliphatic carbocycles. The number of aromatic carboxylic acids is 1. The van der Waals surface area contributed by atoms with Crippen molar-refractivity contribution < 1.29 is 14.7 Å². The molecule has 0 saturated carbocycles. The monoisotopic (exact) mass is 372 g/mol. The second kappa shape index (κ2) is 5.70. The first kappa shape index (κ1) is 14.0. The first-order valence-corrected chi connectivity index (χ1v) is 6.83. The molecule has 0 spiro atoms. The number of halogens is 1. The van der Waals surface area contributed by atoms with E-state index in [1.165, 1.54) is 6.07 Å². The largest absolute Gasteiger partial charge is 0.478 e. The smallest absolute Gasteiger partial charge is 0.337 e. The standard InChI is InChI=1S/C13H13IN2O3/c14-8-2-4-11(10(6-8)13(18)19)16-12(17)7-1-3-9(15)5-7/h1-4,6-7,9H,5,15H2,(H,16,17)(H,18,19). The van der Waals surface area contributed by atoms with Gasteiger partial charge in [-0.3, -0.25) is 4.79 Å². The van der Waals surface area contributed by atoms with Crippen LogP contribution >= 0.6 is 22.6 Å². The molecule has 5 nitrogen and oxygen atoms in total. The van der Waals surface area contributed by atoms with E-state index in [-0.39, 0.29) is 23.4 Å². The lowest BCUT2D eigenvalue weighted by Gasteiger charge is -2.12. The molecule has 1 aromatic rings. The normalized spacial score (nSPS) is 21.4. The number of carbonyl (C=O) groups is 2. The molecule has 0 bridgehead atoms. The molecule has 0 heterocycles.